The fourth-order valence-corrected chi connectivity index (χ4v) is 4.50. The molecule has 3 rings (SSSR count). The zero-order valence-electron chi connectivity index (χ0n) is 13.6. The zero-order chi connectivity index (χ0) is 16.1. The molecule has 0 aliphatic carbocycles. The summed E-state index contributed by atoms with van der Waals surface area (Å²) in [6.07, 6.45) is 4.17. The van der Waals surface area contributed by atoms with Crippen molar-refractivity contribution in [2.45, 2.75) is 44.8 Å². The molecular weight excluding hydrogens is 312 g/mol. The first-order valence-corrected chi connectivity index (χ1v) is 9.36. The summed E-state index contributed by atoms with van der Waals surface area (Å²) < 4.78 is 5.45. The Hall–Kier alpha value is -0.950. The number of piperidine rings is 1. The molecular formula is C17H26N2O3S. The molecule has 1 aromatic rings. The molecule has 1 atom stereocenters. The minimum absolute atomic E-state index is 0.00565. The van der Waals surface area contributed by atoms with Crippen LogP contribution in [0, 0.1) is 0 Å². The second-order valence-corrected chi connectivity index (χ2v) is 7.75. The van der Waals surface area contributed by atoms with Crippen LogP contribution in [-0.2, 0) is 22.6 Å². The van der Waals surface area contributed by atoms with Crippen LogP contribution < -0.4 is 0 Å². The maximum atomic E-state index is 11.0. The van der Waals surface area contributed by atoms with Crippen LogP contribution in [0.25, 0.3) is 0 Å². The number of aliphatic carboxylic acids is 1. The fourth-order valence-electron chi connectivity index (χ4n) is 3.42. The highest BCUT2D eigenvalue weighted by molar-refractivity contribution is 7.11. The maximum absolute atomic E-state index is 11.0. The van der Waals surface area contributed by atoms with Gasteiger partial charge < -0.3 is 9.84 Å². The third-order valence-electron chi connectivity index (χ3n) is 4.66. The third-order valence-corrected chi connectivity index (χ3v) is 5.72. The van der Waals surface area contributed by atoms with Crippen molar-refractivity contribution >= 4 is 17.3 Å². The second-order valence-electron chi connectivity index (χ2n) is 6.50. The molecule has 5 nitrogen and oxygen atoms in total. The van der Waals surface area contributed by atoms with E-state index >= 15 is 0 Å². The number of rotatable bonds is 6. The van der Waals surface area contributed by atoms with Crippen molar-refractivity contribution in [2.75, 3.05) is 32.8 Å². The molecule has 2 saturated heterocycles. The van der Waals surface area contributed by atoms with Crippen LogP contribution in [-0.4, -0.2) is 59.8 Å². The number of carboxylic acid groups (broad SMARTS) is 1. The molecule has 3 heterocycles. The predicted octanol–water partition coefficient (Wildman–Crippen LogP) is 2.41. The number of morpholine rings is 1. The largest absolute Gasteiger partial charge is 0.481 e. The molecule has 0 radical (unpaired) electrons. The number of carbonyl (C=O) groups is 1. The molecule has 6 heteroatoms. The van der Waals surface area contributed by atoms with E-state index in [0.29, 0.717) is 13.2 Å². The van der Waals surface area contributed by atoms with Gasteiger partial charge in [0.1, 0.15) is 0 Å². The Labute approximate surface area is 141 Å². The molecule has 2 fully saturated rings. The molecule has 2 aliphatic heterocycles. The predicted molar refractivity (Wildman–Crippen MR) is 90.7 cm³/mol. The van der Waals surface area contributed by atoms with E-state index in [0.717, 1.165) is 19.6 Å². The Morgan fingerprint density at radius 3 is 2.65 bits per heavy atom. The minimum atomic E-state index is -0.748. The molecule has 1 aromatic heterocycles. The van der Waals surface area contributed by atoms with Gasteiger partial charge in [-0.2, -0.15) is 0 Å². The van der Waals surface area contributed by atoms with Gasteiger partial charge in [-0.05, 0) is 38.1 Å². The van der Waals surface area contributed by atoms with Crippen molar-refractivity contribution in [3.8, 4) is 0 Å². The van der Waals surface area contributed by atoms with Crippen LogP contribution in [0.5, 0.6) is 0 Å². The highest BCUT2D eigenvalue weighted by Crippen LogP contribution is 2.23. The molecule has 0 saturated carbocycles. The number of thiophene rings is 1. The van der Waals surface area contributed by atoms with Gasteiger partial charge in [0.25, 0.3) is 0 Å². The normalized spacial score (nSPS) is 23.9. The molecule has 1 N–H and O–H groups in total. The number of ether oxygens (including phenoxy) is 1. The lowest BCUT2D eigenvalue weighted by Crippen LogP contribution is -2.45. The minimum Gasteiger partial charge on any atom is -0.481 e. The van der Waals surface area contributed by atoms with E-state index in [4.69, 9.17) is 9.84 Å². The number of likely N-dealkylation sites (tertiary alicyclic amines) is 1. The lowest BCUT2D eigenvalue weighted by Gasteiger charge is -2.34. The summed E-state index contributed by atoms with van der Waals surface area (Å²) in [5, 5.41) is 9.05. The van der Waals surface area contributed by atoms with Gasteiger partial charge in [0.15, 0.2) is 0 Å². The average Bonchev–Trinajstić information content (AvgIpc) is 2.97. The lowest BCUT2D eigenvalue weighted by molar-refractivity contribution is -0.140. The van der Waals surface area contributed by atoms with Gasteiger partial charge in [0.2, 0.25) is 0 Å². The van der Waals surface area contributed by atoms with Crippen LogP contribution in [0.3, 0.4) is 0 Å². The van der Waals surface area contributed by atoms with Crippen molar-refractivity contribution in [2.24, 2.45) is 0 Å². The van der Waals surface area contributed by atoms with Gasteiger partial charge in [-0.1, -0.05) is 6.42 Å². The van der Waals surface area contributed by atoms with E-state index in [2.05, 4.69) is 21.9 Å². The van der Waals surface area contributed by atoms with Crippen molar-refractivity contribution in [1.82, 2.24) is 9.80 Å². The van der Waals surface area contributed by atoms with Gasteiger partial charge in [-0.15, -0.1) is 11.3 Å². The average molecular weight is 338 g/mol. The molecule has 2 aliphatic rings. The topological polar surface area (TPSA) is 53.0 Å². The van der Waals surface area contributed by atoms with Crippen molar-refractivity contribution in [3.05, 3.63) is 21.9 Å². The highest BCUT2D eigenvalue weighted by atomic mass is 32.1. The van der Waals surface area contributed by atoms with E-state index in [9.17, 15) is 4.79 Å². The van der Waals surface area contributed by atoms with Crippen molar-refractivity contribution in [1.29, 1.82) is 0 Å². The lowest BCUT2D eigenvalue weighted by atomic mass is 10.1. The van der Waals surface area contributed by atoms with Gasteiger partial charge >= 0.3 is 5.97 Å². The SMILES string of the molecule is O=C(O)C[C@@H]1COCCN1Cc1ccc(CN2CCCCC2)s1. The summed E-state index contributed by atoms with van der Waals surface area (Å²) in [4.78, 5) is 18.6. The molecule has 128 valence electrons. The van der Waals surface area contributed by atoms with Gasteiger partial charge in [0, 0.05) is 35.4 Å². The van der Waals surface area contributed by atoms with Gasteiger partial charge in [-0.25, -0.2) is 0 Å². The van der Waals surface area contributed by atoms with E-state index in [1.807, 2.05) is 11.3 Å². The van der Waals surface area contributed by atoms with Gasteiger partial charge in [-0.3, -0.25) is 14.6 Å². The maximum Gasteiger partial charge on any atom is 0.305 e. The summed E-state index contributed by atoms with van der Waals surface area (Å²) in [5.41, 5.74) is 0. The molecule has 0 amide bonds. The second kappa shape index (κ2) is 8.24. The summed E-state index contributed by atoms with van der Waals surface area (Å²) in [6, 6.07) is 4.44. The Bertz CT molecular complexity index is 514. The van der Waals surface area contributed by atoms with Crippen LogP contribution in [0.1, 0.15) is 35.4 Å². The number of hydrogen-bond acceptors (Lipinski definition) is 5. The summed E-state index contributed by atoms with van der Waals surface area (Å²) in [7, 11) is 0. The fraction of sp³-hybridized carbons (Fsp3) is 0.706. The zero-order valence-corrected chi connectivity index (χ0v) is 14.4. The van der Waals surface area contributed by atoms with E-state index in [1.54, 1.807) is 0 Å². The monoisotopic (exact) mass is 338 g/mol. The van der Waals surface area contributed by atoms with Gasteiger partial charge in [0.05, 0.1) is 19.6 Å². The Morgan fingerprint density at radius 1 is 1.17 bits per heavy atom. The van der Waals surface area contributed by atoms with Crippen LogP contribution >= 0.6 is 11.3 Å². The third kappa shape index (κ3) is 5.01. The first-order valence-electron chi connectivity index (χ1n) is 8.54. The van der Waals surface area contributed by atoms with Crippen molar-refractivity contribution < 1.29 is 14.6 Å². The Morgan fingerprint density at radius 2 is 1.91 bits per heavy atom. The van der Waals surface area contributed by atoms with Crippen LogP contribution in [0.2, 0.25) is 0 Å². The van der Waals surface area contributed by atoms with Crippen LogP contribution in [0.4, 0.5) is 0 Å². The molecule has 0 aromatic carbocycles. The molecule has 0 unspecified atom stereocenters. The number of carboxylic acids is 1. The molecule has 23 heavy (non-hydrogen) atoms. The standard InChI is InChI=1S/C17H26N2O3S/c20-17(21)10-14-13-22-9-8-19(14)12-16-5-4-15(23-16)11-18-6-2-1-3-7-18/h4-5,14H,1-3,6-13H2,(H,20,21)/t14-/m1/s1. The molecule has 0 bridgehead atoms. The quantitative estimate of drug-likeness (QED) is 0.863. The molecule has 0 spiro atoms. The van der Waals surface area contributed by atoms with E-state index in [-0.39, 0.29) is 12.5 Å². The smallest absolute Gasteiger partial charge is 0.305 e. The first kappa shape index (κ1) is 16.9. The Balaban J connectivity index is 1.55. The summed E-state index contributed by atoms with van der Waals surface area (Å²) >= 11 is 1.87. The highest BCUT2D eigenvalue weighted by Gasteiger charge is 2.25. The Kier molecular flexibility index (Phi) is 6.05. The van der Waals surface area contributed by atoms with Crippen molar-refractivity contribution in [3.63, 3.8) is 0 Å². The van der Waals surface area contributed by atoms with Crippen LogP contribution in [0.15, 0.2) is 12.1 Å². The van der Waals surface area contributed by atoms with E-state index in [1.165, 1.54) is 42.1 Å². The summed E-state index contributed by atoms with van der Waals surface area (Å²) in [6.45, 7) is 6.38. The number of hydrogen-bond donors (Lipinski definition) is 1. The first-order chi connectivity index (χ1) is 11.2. The summed E-state index contributed by atoms with van der Waals surface area (Å²) in [5.74, 6) is -0.748. The van der Waals surface area contributed by atoms with E-state index < -0.39 is 5.97 Å². The number of nitrogens with zero attached hydrogens (tertiary/aromatic N) is 2.